The van der Waals surface area contributed by atoms with E-state index < -0.39 is 0 Å². The molecule has 1 aromatic rings. The Balaban J connectivity index is 1.57. The van der Waals surface area contributed by atoms with Crippen LogP contribution < -0.4 is 0 Å². The lowest BCUT2D eigenvalue weighted by atomic mass is 9.99. The molecule has 0 saturated carbocycles. The first kappa shape index (κ1) is 14.6. The number of hydrogen-bond donors (Lipinski definition) is 0. The average Bonchev–Trinajstić information content (AvgIpc) is 3.04. The van der Waals surface area contributed by atoms with Crippen molar-refractivity contribution in [1.82, 2.24) is 9.80 Å². The van der Waals surface area contributed by atoms with Gasteiger partial charge in [-0.2, -0.15) is 0 Å². The molecule has 1 aromatic carbocycles. The van der Waals surface area contributed by atoms with E-state index in [9.17, 15) is 4.79 Å². The third-order valence-electron chi connectivity index (χ3n) is 4.88. The summed E-state index contributed by atoms with van der Waals surface area (Å²) in [4.78, 5) is 16.8. The zero-order valence-corrected chi connectivity index (χ0v) is 13.1. The van der Waals surface area contributed by atoms with E-state index in [0.29, 0.717) is 0 Å². The first-order valence-electron chi connectivity index (χ1n) is 8.33. The Kier molecular flexibility index (Phi) is 4.59. The molecule has 0 N–H and O–H groups in total. The maximum Gasteiger partial charge on any atom is 0.253 e. The quantitative estimate of drug-likeness (QED) is 0.852. The van der Waals surface area contributed by atoms with Crippen molar-refractivity contribution in [3.63, 3.8) is 0 Å². The van der Waals surface area contributed by atoms with E-state index >= 15 is 0 Å². The van der Waals surface area contributed by atoms with E-state index in [1.165, 1.54) is 31.5 Å². The van der Waals surface area contributed by atoms with Gasteiger partial charge in [-0.1, -0.05) is 19.1 Å². The summed E-state index contributed by atoms with van der Waals surface area (Å²) in [6.45, 7) is 7.62. The van der Waals surface area contributed by atoms with Gasteiger partial charge in [0.2, 0.25) is 0 Å². The standard InChI is InChI=1S/C18H26N2O/c1-15-8-12-19(13-9-15)14-16-4-6-17(7-5-16)18(21)20-10-2-3-11-20/h4-7,15H,2-3,8-14H2,1H3. The zero-order valence-electron chi connectivity index (χ0n) is 13.1. The van der Waals surface area contributed by atoms with Gasteiger partial charge in [-0.3, -0.25) is 9.69 Å². The van der Waals surface area contributed by atoms with Crippen molar-refractivity contribution in [1.29, 1.82) is 0 Å². The fourth-order valence-corrected chi connectivity index (χ4v) is 3.33. The predicted molar refractivity (Wildman–Crippen MR) is 85.3 cm³/mol. The molecule has 0 bridgehead atoms. The van der Waals surface area contributed by atoms with E-state index in [2.05, 4.69) is 24.0 Å². The molecule has 114 valence electrons. The molecular weight excluding hydrogens is 260 g/mol. The number of likely N-dealkylation sites (tertiary alicyclic amines) is 2. The van der Waals surface area contributed by atoms with Gasteiger partial charge in [0.15, 0.2) is 0 Å². The summed E-state index contributed by atoms with van der Waals surface area (Å²) in [7, 11) is 0. The van der Waals surface area contributed by atoms with Crippen LogP contribution in [-0.2, 0) is 6.54 Å². The van der Waals surface area contributed by atoms with Crippen LogP contribution in [0.4, 0.5) is 0 Å². The van der Waals surface area contributed by atoms with E-state index in [4.69, 9.17) is 0 Å². The normalized spacial score (nSPS) is 20.9. The number of hydrogen-bond acceptors (Lipinski definition) is 2. The average molecular weight is 286 g/mol. The molecule has 0 aromatic heterocycles. The number of carbonyl (C=O) groups is 1. The first-order chi connectivity index (χ1) is 10.2. The van der Waals surface area contributed by atoms with E-state index in [1.807, 2.05) is 17.0 Å². The Bertz CT molecular complexity index is 468. The van der Waals surface area contributed by atoms with Crippen LogP contribution >= 0.6 is 0 Å². The van der Waals surface area contributed by atoms with Crippen molar-refractivity contribution in [3.05, 3.63) is 35.4 Å². The summed E-state index contributed by atoms with van der Waals surface area (Å²) in [5, 5.41) is 0. The molecule has 0 unspecified atom stereocenters. The first-order valence-corrected chi connectivity index (χ1v) is 8.33. The van der Waals surface area contributed by atoms with E-state index in [0.717, 1.165) is 44.0 Å². The molecule has 2 heterocycles. The highest BCUT2D eigenvalue weighted by Gasteiger charge is 2.19. The van der Waals surface area contributed by atoms with Crippen LogP contribution in [0.2, 0.25) is 0 Å². The lowest BCUT2D eigenvalue weighted by Crippen LogP contribution is -2.32. The largest absolute Gasteiger partial charge is 0.339 e. The third-order valence-corrected chi connectivity index (χ3v) is 4.88. The van der Waals surface area contributed by atoms with Crippen molar-refractivity contribution in [2.45, 2.75) is 39.2 Å². The second-order valence-electron chi connectivity index (χ2n) is 6.65. The van der Waals surface area contributed by atoms with Crippen LogP contribution in [0.15, 0.2) is 24.3 Å². The molecule has 21 heavy (non-hydrogen) atoms. The van der Waals surface area contributed by atoms with Crippen molar-refractivity contribution in [2.24, 2.45) is 5.92 Å². The number of rotatable bonds is 3. The van der Waals surface area contributed by atoms with Gasteiger partial charge in [0.05, 0.1) is 0 Å². The molecule has 3 heteroatoms. The Hall–Kier alpha value is -1.35. The molecule has 2 aliphatic rings. The van der Waals surface area contributed by atoms with Gasteiger partial charge in [-0.05, 0) is 62.4 Å². The number of piperidine rings is 1. The fourth-order valence-electron chi connectivity index (χ4n) is 3.33. The third kappa shape index (κ3) is 3.65. The number of amides is 1. The van der Waals surface area contributed by atoms with Crippen LogP contribution in [0.1, 0.15) is 48.5 Å². The SMILES string of the molecule is CC1CCN(Cc2ccc(C(=O)N3CCCC3)cc2)CC1. The topological polar surface area (TPSA) is 23.6 Å². The van der Waals surface area contributed by atoms with Gasteiger partial charge in [0, 0.05) is 25.2 Å². The van der Waals surface area contributed by atoms with Crippen LogP contribution in [0.5, 0.6) is 0 Å². The highest BCUT2D eigenvalue weighted by atomic mass is 16.2. The highest BCUT2D eigenvalue weighted by Crippen LogP contribution is 2.19. The van der Waals surface area contributed by atoms with Crippen LogP contribution in [0, 0.1) is 5.92 Å². The summed E-state index contributed by atoms with van der Waals surface area (Å²) >= 11 is 0. The second kappa shape index (κ2) is 6.61. The molecule has 2 fully saturated rings. The van der Waals surface area contributed by atoms with Crippen LogP contribution in [-0.4, -0.2) is 41.9 Å². The van der Waals surface area contributed by atoms with Crippen LogP contribution in [0.3, 0.4) is 0 Å². The monoisotopic (exact) mass is 286 g/mol. The molecule has 3 rings (SSSR count). The van der Waals surface area contributed by atoms with Gasteiger partial charge in [-0.15, -0.1) is 0 Å². The summed E-state index contributed by atoms with van der Waals surface area (Å²) in [6.07, 6.45) is 4.92. The lowest BCUT2D eigenvalue weighted by molar-refractivity contribution is 0.0793. The molecule has 0 atom stereocenters. The molecular formula is C18H26N2O. The van der Waals surface area contributed by atoms with Crippen molar-refractivity contribution >= 4 is 5.91 Å². The van der Waals surface area contributed by atoms with Crippen molar-refractivity contribution < 1.29 is 4.79 Å². The van der Waals surface area contributed by atoms with Gasteiger partial charge in [0.1, 0.15) is 0 Å². The van der Waals surface area contributed by atoms with Crippen molar-refractivity contribution in [3.8, 4) is 0 Å². The Labute approximate surface area is 127 Å². The summed E-state index contributed by atoms with van der Waals surface area (Å²) in [5.74, 6) is 1.08. The fraction of sp³-hybridized carbons (Fsp3) is 0.611. The van der Waals surface area contributed by atoms with Crippen molar-refractivity contribution in [2.75, 3.05) is 26.2 Å². The minimum Gasteiger partial charge on any atom is -0.339 e. The van der Waals surface area contributed by atoms with Gasteiger partial charge in [-0.25, -0.2) is 0 Å². The Morgan fingerprint density at radius 3 is 2.29 bits per heavy atom. The number of benzene rings is 1. The Morgan fingerprint density at radius 2 is 1.67 bits per heavy atom. The van der Waals surface area contributed by atoms with Crippen LogP contribution in [0.25, 0.3) is 0 Å². The maximum absolute atomic E-state index is 12.3. The van der Waals surface area contributed by atoms with Gasteiger partial charge in [0.25, 0.3) is 5.91 Å². The second-order valence-corrected chi connectivity index (χ2v) is 6.65. The molecule has 0 aliphatic carbocycles. The smallest absolute Gasteiger partial charge is 0.253 e. The van der Waals surface area contributed by atoms with Gasteiger partial charge < -0.3 is 4.90 Å². The number of carbonyl (C=O) groups excluding carboxylic acids is 1. The minimum absolute atomic E-state index is 0.200. The lowest BCUT2D eigenvalue weighted by Gasteiger charge is -2.30. The molecule has 1 amide bonds. The highest BCUT2D eigenvalue weighted by molar-refractivity contribution is 5.94. The maximum atomic E-state index is 12.3. The molecule has 2 saturated heterocycles. The molecule has 2 aliphatic heterocycles. The Morgan fingerprint density at radius 1 is 1.05 bits per heavy atom. The van der Waals surface area contributed by atoms with E-state index in [1.54, 1.807) is 0 Å². The summed E-state index contributed by atoms with van der Waals surface area (Å²) in [5.41, 5.74) is 2.16. The van der Waals surface area contributed by atoms with E-state index in [-0.39, 0.29) is 5.91 Å². The number of nitrogens with zero attached hydrogens (tertiary/aromatic N) is 2. The summed E-state index contributed by atoms with van der Waals surface area (Å²) in [6, 6.07) is 8.26. The zero-order chi connectivity index (χ0) is 14.7. The molecule has 0 spiro atoms. The predicted octanol–water partition coefficient (Wildman–Crippen LogP) is 3.15. The molecule has 3 nitrogen and oxygen atoms in total. The minimum atomic E-state index is 0.200. The van der Waals surface area contributed by atoms with Gasteiger partial charge >= 0.3 is 0 Å². The summed E-state index contributed by atoms with van der Waals surface area (Å²) < 4.78 is 0. The molecule has 0 radical (unpaired) electrons.